The molecule has 0 bridgehead atoms. The second kappa shape index (κ2) is 6.84. The fraction of sp³-hybridized carbons (Fsp3) is 0.400. The number of nitrogens with one attached hydrogen (secondary N) is 1. The molecule has 0 aromatic carbocycles. The second-order valence-electron chi connectivity index (χ2n) is 4.73. The van der Waals surface area contributed by atoms with Gasteiger partial charge < -0.3 is 10.1 Å². The minimum Gasteiger partial charge on any atom is -0.467 e. The van der Waals surface area contributed by atoms with Crippen molar-refractivity contribution < 1.29 is 14.3 Å². The Balaban J connectivity index is 2.10. The first-order valence-electron chi connectivity index (χ1n) is 6.65. The zero-order valence-electron chi connectivity index (χ0n) is 11.4. The number of carbonyl (C=O) groups is 2. The predicted octanol–water partition coefficient (Wildman–Crippen LogP) is 1.77. The minimum atomic E-state index is -0.799. The lowest BCUT2D eigenvalue weighted by atomic mass is 9.93. The first-order valence-corrected chi connectivity index (χ1v) is 6.65. The van der Waals surface area contributed by atoms with Crippen molar-refractivity contribution >= 4 is 11.9 Å². The van der Waals surface area contributed by atoms with E-state index >= 15 is 0 Å². The van der Waals surface area contributed by atoms with Gasteiger partial charge in [0.2, 0.25) is 5.91 Å². The third-order valence-electron chi connectivity index (χ3n) is 3.38. The van der Waals surface area contributed by atoms with Gasteiger partial charge in [-0.1, -0.05) is 18.2 Å². The number of aromatic nitrogens is 1. The van der Waals surface area contributed by atoms with E-state index in [1.54, 1.807) is 24.5 Å². The molecule has 0 spiro atoms. The molecule has 1 amide bonds. The van der Waals surface area contributed by atoms with Crippen molar-refractivity contribution in [2.45, 2.75) is 25.3 Å². The molecule has 2 atom stereocenters. The second-order valence-corrected chi connectivity index (χ2v) is 4.73. The Morgan fingerprint density at radius 1 is 1.45 bits per heavy atom. The number of amides is 1. The summed E-state index contributed by atoms with van der Waals surface area (Å²) < 4.78 is 4.76. The number of nitrogens with zero attached hydrogens (tertiary/aromatic N) is 1. The lowest BCUT2D eigenvalue weighted by Crippen LogP contribution is -2.38. The molecular weight excluding hydrogens is 256 g/mol. The summed E-state index contributed by atoms with van der Waals surface area (Å²) in [5.41, 5.74) is 0.624. The van der Waals surface area contributed by atoms with Crippen LogP contribution < -0.4 is 5.32 Å². The van der Waals surface area contributed by atoms with E-state index in [-0.39, 0.29) is 11.8 Å². The number of hydrogen-bond donors (Lipinski definition) is 1. The average molecular weight is 274 g/mol. The highest BCUT2D eigenvalue weighted by molar-refractivity contribution is 5.86. The van der Waals surface area contributed by atoms with Gasteiger partial charge in [0.15, 0.2) is 6.04 Å². The van der Waals surface area contributed by atoms with Crippen molar-refractivity contribution in [1.29, 1.82) is 0 Å². The molecule has 0 saturated carbocycles. The van der Waals surface area contributed by atoms with E-state index in [0.717, 1.165) is 12.8 Å². The Hall–Kier alpha value is -2.17. The predicted molar refractivity (Wildman–Crippen MR) is 73.6 cm³/mol. The zero-order chi connectivity index (χ0) is 14.4. The van der Waals surface area contributed by atoms with Crippen molar-refractivity contribution in [2.24, 2.45) is 5.92 Å². The SMILES string of the molecule is COC(=O)C(NC(=O)C1CC=CCC1)c1cccnc1. The summed E-state index contributed by atoms with van der Waals surface area (Å²) in [6.45, 7) is 0. The maximum Gasteiger partial charge on any atom is 0.333 e. The normalized spacial score (nSPS) is 19.1. The Bertz CT molecular complexity index is 499. The number of rotatable bonds is 4. The Labute approximate surface area is 118 Å². The summed E-state index contributed by atoms with van der Waals surface area (Å²) in [4.78, 5) is 28.1. The minimum absolute atomic E-state index is 0.0798. The van der Waals surface area contributed by atoms with Crippen LogP contribution in [0.2, 0.25) is 0 Å². The van der Waals surface area contributed by atoms with E-state index in [1.807, 2.05) is 6.08 Å². The third kappa shape index (κ3) is 3.44. The summed E-state index contributed by atoms with van der Waals surface area (Å²) in [6.07, 6.45) is 9.67. The fourth-order valence-corrected chi connectivity index (χ4v) is 2.23. The number of esters is 1. The van der Waals surface area contributed by atoms with Crippen molar-refractivity contribution in [3.63, 3.8) is 0 Å². The molecule has 106 valence electrons. The molecule has 5 nitrogen and oxygen atoms in total. The molecule has 5 heteroatoms. The lowest BCUT2D eigenvalue weighted by molar-refractivity contribution is -0.145. The van der Waals surface area contributed by atoms with Gasteiger partial charge in [-0.2, -0.15) is 0 Å². The summed E-state index contributed by atoms with van der Waals surface area (Å²) in [5, 5.41) is 2.77. The van der Waals surface area contributed by atoms with Crippen LogP contribution in [0.4, 0.5) is 0 Å². The largest absolute Gasteiger partial charge is 0.467 e. The van der Waals surface area contributed by atoms with Crippen LogP contribution in [0.15, 0.2) is 36.7 Å². The number of allylic oxidation sites excluding steroid dienone is 2. The molecule has 1 N–H and O–H groups in total. The van der Waals surface area contributed by atoms with Gasteiger partial charge in [0, 0.05) is 23.9 Å². The van der Waals surface area contributed by atoms with Crippen LogP contribution in [-0.4, -0.2) is 24.0 Å². The molecule has 0 saturated heterocycles. The average Bonchev–Trinajstić information content (AvgIpc) is 2.53. The maximum atomic E-state index is 12.2. The number of hydrogen-bond acceptors (Lipinski definition) is 4. The summed E-state index contributed by atoms with van der Waals surface area (Å²) >= 11 is 0. The van der Waals surface area contributed by atoms with E-state index in [0.29, 0.717) is 12.0 Å². The molecule has 0 fully saturated rings. The van der Waals surface area contributed by atoms with Gasteiger partial charge in [-0.25, -0.2) is 4.79 Å². The van der Waals surface area contributed by atoms with Gasteiger partial charge in [0.25, 0.3) is 0 Å². The molecule has 0 radical (unpaired) electrons. The van der Waals surface area contributed by atoms with E-state index in [4.69, 9.17) is 4.74 Å². The molecule has 1 aliphatic carbocycles. The van der Waals surface area contributed by atoms with Crippen LogP contribution in [0.1, 0.15) is 30.9 Å². The maximum absolute atomic E-state index is 12.2. The van der Waals surface area contributed by atoms with Crippen LogP contribution >= 0.6 is 0 Å². The molecule has 1 aromatic rings. The van der Waals surface area contributed by atoms with Crippen LogP contribution in [0, 0.1) is 5.92 Å². The van der Waals surface area contributed by atoms with Gasteiger partial charge in [-0.05, 0) is 25.3 Å². The zero-order valence-corrected chi connectivity index (χ0v) is 11.4. The lowest BCUT2D eigenvalue weighted by Gasteiger charge is -2.21. The number of pyridine rings is 1. The van der Waals surface area contributed by atoms with Crippen LogP contribution in [0.25, 0.3) is 0 Å². The van der Waals surface area contributed by atoms with Crippen LogP contribution in [0.3, 0.4) is 0 Å². The number of methoxy groups -OCH3 is 1. The molecule has 20 heavy (non-hydrogen) atoms. The third-order valence-corrected chi connectivity index (χ3v) is 3.38. The molecule has 1 heterocycles. The van der Waals surface area contributed by atoms with Crippen molar-refractivity contribution in [2.75, 3.05) is 7.11 Å². The summed E-state index contributed by atoms with van der Waals surface area (Å²) in [5.74, 6) is -0.685. The first-order chi connectivity index (χ1) is 9.72. The van der Waals surface area contributed by atoms with E-state index < -0.39 is 12.0 Å². The Morgan fingerprint density at radius 3 is 2.90 bits per heavy atom. The van der Waals surface area contributed by atoms with Crippen molar-refractivity contribution in [3.05, 3.63) is 42.2 Å². The topological polar surface area (TPSA) is 68.3 Å². The molecule has 0 aliphatic heterocycles. The molecule has 1 aromatic heterocycles. The monoisotopic (exact) mass is 274 g/mol. The van der Waals surface area contributed by atoms with Gasteiger partial charge >= 0.3 is 5.97 Å². The first kappa shape index (κ1) is 14.2. The molecular formula is C15H18N2O3. The van der Waals surface area contributed by atoms with E-state index in [1.165, 1.54) is 7.11 Å². The van der Waals surface area contributed by atoms with Gasteiger partial charge in [0.05, 0.1) is 7.11 Å². The van der Waals surface area contributed by atoms with Gasteiger partial charge in [-0.15, -0.1) is 0 Å². The smallest absolute Gasteiger partial charge is 0.333 e. The van der Waals surface area contributed by atoms with Gasteiger partial charge in [0.1, 0.15) is 0 Å². The standard InChI is InChI=1S/C15H18N2O3/c1-20-15(19)13(12-8-5-9-16-10-12)17-14(18)11-6-3-2-4-7-11/h2-3,5,8-11,13H,4,6-7H2,1H3,(H,17,18). The Morgan fingerprint density at radius 2 is 2.30 bits per heavy atom. The molecule has 2 unspecified atom stereocenters. The quantitative estimate of drug-likeness (QED) is 0.671. The summed E-state index contributed by atoms with van der Waals surface area (Å²) in [6, 6.07) is 2.67. The Kier molecular flexibility index (Phi) is 4.87. The fourth-order valence-electron chi connectivity index (χ4n) is 2.23. The van der Waals surface area contributed by atoms with Crippen molar-refractivity contribution in [3.8, 4) is 0 Å². The van der Waals surface area contributed by atoms with E-state index in [9.17, 15) is 9.59 Å². The molecule has 1 aliphatic rings. The van der Waals surface area contributed by atoms with Gasteiger partial charge in [-0.3, -0.25) is 9.78 Å². The number of carbonyl (C=O) groups excluding carboxylic acids is 2. The van der Waals surface area contributed by atoms with E-state index in [2.05, 4.69) is 16.4 Å². The highest BCUT2D eigenvalue weighted by Gasteiger charge is 2.27. The summed E-state index contributed by atoms with van der Waals surface area (Å²) in [7, 11) is 1.31. The van der Waals surface area contributed by atoms with Crippen molar-refractivity contribution in [1.82, 2.24) is 10.3 Å². The van der Waals surface area contributed by atoms with Crippen LogP contribution in [-0.2, 0) is 14.3 Å². The highest BCUT2D eigenvalue weighted by atomic mass is 16.5. The number of ether oxygens (including phenoxy) is 1. The van der Waals surface area contributed by atoms with Crippen LogP contribution in [0.5, 0.6) is 0 Å². The molecule has 2 rings (SSSR count). The highest BCUT2D eigenvalue weighted by Crippen LogP contribution is 2.20.